The zero-order chi connectivity index (χ0) is 14.8. The van der Waals surface area contributed by atoms with Crippen LogP contribution in [0.25, 0.3) is 11.2 Å². The largest absolute Gasteiger partial charge is 0.311 e. The van der Waals surface area contributed by atoms with Gasteiger partial charge in [-0.3, -0.25) is 0 Å². The Morgan fingerprint density at radius 1 is 1.10 bits per heavy atom. The van der Waals surface area contributed by atoms with Gasteiger partial charge >= 0.3 is 0 Å². The molecule has 21 heavy (non-hydrogen) atoms. The summed E-state index contributed by atoms with van der Waals surface area (Å²) in [5, 5.41) is 0. The summed E-state index contributed by atoms with van der Waals surface area (Å²) in [6.07, 6.45) is 2.79. The fourth-order valence-corrected chi connectivity index (χ4v) is 2.85. The van der Waals surface area contributed by atoms with Gasteiger partial charge in [-0.2, -0.15) is 0 Å². The highest BCUT2D eigenvalue weighted by Crippen LogP contribution is 2.20. The molecule has 3 rings (SSSR count). The van der Waals surface area contributed by atoms with Crippen LogP contribution < -0.4 is 0 Å². The zero-order valence-electron chi connectivity index (χ0n) is 12.3. The van der Waals surface area contributed by atoms with Gasteiger partial charge in [-0.15, -0.1) is 11.6 Å². The van der Waals surface area contributed by atoms with Gasteiger partial charge in [0.05, 0.1) is 5.88 Å². The minimum absolute atomic E-state index is 0.406. The van der Waals surface area contributed by atoms with E-state index in [1.54, 1.807) is 0 Å². The molecule has 0 saturated heterocycles. The SMILES string of the molecule is Cc1ccccc1CCn1c(CCl)nc2c(C)ccnc21. The molecule has 0 aliphatic rings. The van der Waals surface area contributed by atoms with Crippen molar-refractivity contribution in [3.05, 3.63) is 59.0 Å². The lowest BCUT2D eigenvalue weighted by atomic mass is 10.1. The van der Waals surface area contributed by atoms with Crippen LogP contribution in [0.4, 0.5) is 0 Å². The summed E-state index contributed by atoms with van der Waals surface area (Å²) in [4.78, 5) is 9.12. The third kappa shape index (κ3) is 2.66. The first kappa shape index (κ1) is 14.1. The van der Waals surface area contributed by atoms with Gasteiger partial charge in [0.1, 0.15) is 11.3 Å². The second-order valence-corrected chi connectivity index (χ2v) is 5.56. The summed E-state index contributed by atoms with van der Waals surface area (Å²) in [5.41, 5.74) is 5.70. The van der Waals surface area contributed by atoms with Gasteiger partial charge in [-0.05, 0) is 43.0 Å². The van der Waals surface area contributed by atoms with Crippen LogP contribution in [0.2, 0.25) is 0 Å². The summed E-state index contributed by atoms with van der Waals surface area (Å²) >= 11 is 6.06. The highest BCUT2D eigenvalue weighted by Gasteiger charge is 2.12. The number of fused-ring (bicyclic) bond motifs is 1. The molecule has 108 valence electrons. The van der Waals surface area contributed by atoms with Gasteiger partial charge in [0.15, 0.2) is 5.65 Å². The molecule has 4 heteroatoms. The van der Waals surface area contributed by atoms with Crippen molar-refractivity contribution in [1.29, 1.82) is 0 Å². The molecule has 0 bridgehead atoms. The predicted molar refractivity (Wildman–Crippen MR) is 86.7 cm³/mol. The van der Waals surface area contributed by atoms with Crippen molar-refractivity contribution in [2.45, 2.75) is 32.7 Å². The predicted octanol–water partition coefficient (Wildman–Crippen LogP) is 4.03. The number of benzene rings is 1. The van der Waals surface area contributed by atoms with Gasteiger partial charge < -0.3 is 4.57 Å². The minimum atomic E-state index is 0.406. The summed E-state index contributed by atoms with van der Waals surface area (Å²) in [7, 11) is 0. The molecule has 3 aromatic rings. The monoisotopic (exact) mass is 299 g/mol. The number of rotatable bonds is 4. The summed E-state index contributed by atoms with van der Waals surface area (Å²) in [5.74, 6) is 1.30. The smallest absolute Gasteiger partial charge is 0.160 e. The quantitative estimate of drug-likeness (QED) is 0.681. The van der Waals surface area contributed by atoms with E-state index in [-0.39, 0.29) is 0 Å². The summed E-state index contributed by atoms with van der Waals surface area (Å²) < 4.78 is 2.14. The molecule has 2 aromatic heterocycles. The number of hydrogen-bond donors (Lipinski definition) is 0. The second-order valence-electron chi connectivity index (χ2n) is 5.29. The van der Waals surface area contributed by atoms with E-state index in [1.165, 1.54) is 11.1 Å². The first-order valence-electron chi connectivity index (χ1n) is 7.12. The van der Waals surface area contributed by atoms with E-state index in [0.717, 1.165) is 35.5 Å². The molecule has 0 spiro atoms. The average molecular weight is 300 g/mol. The van der Waals surface area contributed by atoms with E-state index in [9.17, 15) is 0 Å². The normalized spacial score (nSPS) is 11.2. The molecule has 0 saturated carbocycles. The van der Waals surface area contributed by atoms with Crippen molar-refractivity contribution in [3.63, 3.8) is 0 Å². The van der Waals surface area contributed by atoms with Crippen LogP contribution in [0.1, 0.15) is 22.5 Å². The van der Waals surface area contributed by atoms with Crippen molar-refractivity contribution in [2.24, 2.45) is 0 Å². The minimum Gasteiger partial charge on any atom is -0.311 e. The number of alkyl halides is 1. The lowest BCUT2D eigenvalue weighted by Crippen LogP contribution is -2.06. The van der Waals surface area contributed by atoms with Crippen molar-refractivity contribution in [2.75, 3.05) is 0 Å². The molecule has 3 nitrogen and oxygen atoms in total. The first-order chi connectivity index (χ1) is 10.2. The van der Waals surface area contributed by atoms with Crippen LogP contribution in [0.3, 0.4) is 0 Å². The van der Waals surface area contributed by atoms with Gasteiger partial charge in [-0.1, -0.05) is 24.3 Å². The lowest BCUT2D eigenvalue weighted by Gasteiger charge is -2.09. The molecule has 1 aromatic carbocycles. The Bertz CT molecular complexity index is 777. The Labute approximate surface area is 129 Å². The fourth-order valence-electron chi connectivity index (χ4n) is 2.64. The Hall–Kier alpha value is -1.87. The van der Waals surface area contributed by atoms with Crippen LogP contribution in [-0.2, 0) is 18.8 Å². The maximum absolute atomic E-state index is 6.06. The van der Waals surface area contributed by atoms with Crippen LogP contribution in [0.5, 0.6) is 0 Å². The van der Waals surface area contributed by atoms with Crippen LogP contribution in [0, 0.1) is 13.8 Å². The molecule has 0 N–H and O–H groups in total. The van der Waals surface area contributed by atoms with Crippen molar-refractivity contribution < 1.29 is 0 Å². The molecule has 0 atom stereocenters. The number of pyridine rings is 1. The Morgan fingerprint density at radius 2 is 1.90 bits per heavy atom. The Kier molecular flexibility index (Phi) is 3.93. The Morgan fingerprint density at radius 3 is 2.67 bits per heavy atom. The van der Waals surface area contributed by atoms with Crippen LogP contribution in [0.15, 0.2) is 36.5 Å². The maximum Gasteiger partial charge on any atom is 0.160 e. The van der Waals surface area contributed by atoms with E-state index < -0.39 is 0 Å². The van der Waals surface area contributed by atoms with Gasteiger partial charge in [0.2, 0.25) is 0 Å². The van der Waals surface area contributed by atoms with E-state index in [1.807, 2.05) is 12.3 Å². The molecule has 0 amide bonds. The molecule has 2 heterocycles. The number of nitrogens with zero attached hydrogens (tertiary/aromatic N) is 3. The van der Waals surface area contributed by atoms with Gasteiger partial charge in [0.25, 0.3) is 0 Å². The topological polar surface area (TPSA) is 30.7 Å². The van der Waals surface area contributed by atoms with Crippen LogP contribution in [-0.4, -0.2) is 14.5 Å². The molecule has 0 aliphatic carbocycles. The summed E-state index contributed by atoms with van der Waals surface area (Å²) in [6.45, 7) is 5.05. The average Bonchev–Trinajstić information content (AvgIpc) is 2.86. The van der Waals surface area contributed by atoms with Gasteiger partial charge in [0, 0.05) is 12.7 Å². The lowest BCUT2D eigenvalue weighted by molar-refractivity contribution is 0.680. The molecule has 0 fully saturated rings. The van der Waals surface area contributed by atoms with E-state index in [0.29, 0.717) is 5.88 Å². The maximum atomic E-state index is 6.06. The fraction of sp³-hybridized carbons (Fsp3) is 0.294. The molecular weight excluding hydrogens is 282 g/mol. The van der Waals surface area contributed by atoms with Crippen molar-refractivity contribution >= 4 is 22.8 Å². The van der Waals surface area contributed by atoms with Crippen LogP contribution >= 0.6 is 11.6 Å². The number of hydrogen-bond acceptors (Lipinski definition) is 2. The number of imidazole rings is 1. The zero-order valence-corrected chi connectivity index (χ0v) is 13.1. The van der Waals surface area contributed by atoms with E-state index >= 15 is 0 Å². The van der Waals surface area contributed by atoms with Crippen molar-refractivity contribution in [1.82, 2.24) is 14.5 Å². The first-order valence-corrected chi connectivity index (χ1v) is 7.65. The number of aromatic nitrogens is 3. The molecule has 0 radical (unpaired) electrons. The highest BCUT2D eigenvalue weighted by atomic mass is 35.5. The van der Waals surface area contributed by atoms with E-state index in [4.69, 9.17) is 11.6 Å². The third-order valence-electron chi connectivity index (χ3n) is 3.90. The van der Waals surface area contributed by atoms with Gasteiger partial charge in [-0.25, -0.2) is 9.97 Å². The number of halogens is 1. The molecule has 0 unspecified atom stereocenters. The molecular formula is C17H18ClN3. The standard InChI is InChI=1S/C17H18ClN3/c1-12-5-3-4-6-14(12)8-10-21-15(11-18)20-16-13(2)7-9-19-17(16)21/h3-7,9H,8,10-11H2,1-2H3. The second kappa shape index (κ2) is 5.86. The number of aryl methyl sites for hydroxylation is 4. The Balaban J connectivity index is 1.97. The molecule has 0 aliphatic heterocycles. The summed E-state index contributed by atoms with van der Waals surface area (Å²) in [6, 6.07) is 10.5. The highest BCUT2D eigenvalue weighted by molar-refractivity contribution is 6.16. The van der Waals surface area contributed by atoms with Crippen molar-refractivity contribution in [3.8, 4) is 0 Å². The third-order valence-corrected chi connectivity index (χ3v) is 4.14. The van der Waals surface area contributed by atoms with E-state index in [2.05, 4.69) is 52.6 Å².